The maximum atomic E-state index is 12.1. The van der Waals surface area contributed by atoms with Gasteiger partial charge < -0.3 is 14.6 Å². The molecule has 9 heteroatoms. The quantitative estimate of drug-likeness (QED) is 0.774. The van der Waals surface area contributed by atoms with Crippen LogP contribution in [0.15, 0.2) is 40.2 Å². The second-order valence-corrected chi connectivity index (χ2v) is 6.96. The normalized spacial score (nSPS) is 19.4. The summed E-state index contributed by atoms with van der Waals surface area (Å²) in [6.45, 7) is 0.224. The molecule has 2 heterocycles. The summed E-state index contributed by atoms with van der Waals surface area (Å²) in [5, 5.41) is 3.56. The first kappa shape index (κ1) is 19.2. The van der Waals surface area contributed by atoms with Crippen LogP contribution in [-0.2, 0) is 11.3 Å². The maximum absolute atomic E-state index is 12.1. The van der Waals surface area contributed by atoms with E-state index in [1.165, 1.54) is 16.8 Å². The number of hydrogen-bond acceptors (Lipinski definition) is 5. The van der Waals surface area contributed by atoms with Crippen molar-refractivity contribution in [1.29, 1.82) is 0 Å². The van der Waals surface area contributed by atoms with E-state index in [0.717, 1.165) is 25.7 Å². The van der Waals surface area contributed by atoms with E-state index >= 15 is 0 Å². The van der Waals surface area contributed by atoms with Crippen LogP contribution in [0, 0.1) is 0 Å². The van der Waals surface area contributed by atoms with E-state index in [2.05, 4.69) is 15.3 Å². The molecule has 144 valence electrons. The smallest absolute Gasteiger partial charge is 0.328 e. The van der Waals surface area contributed by atoms with Gasteiger partial charge in [-0.1, -0.05) is 11.6 Å². The first-order chi connectivity index (χ1) is 13.0. The summed E-state index contributed by atoms with van der Waals surface area (Å²) in [5.41, 5.74) is -0.961. The minimum absolute atomic E-state index is 0.0755. The van der Waals surface area contributed by atoms with Gasteiger partial charge in [0, 0.05) is 43.5 Å². The summed E-state index contributed by atoms with van der Waals surface area (Å²) in [7, 11) is 0. The third kappa shape index (κ3) is 5.68. The van der Waals surface area contributed by atoms with Gasteiger partial charge in [0.1, 0.15) is 6.10 Å². The highest BCUT2D eigenvalue weighted by atomic mass is 35.5. The summed E-state index contributed by atoms with van der Waals surface area (Å²) < 4.78 is 7.15. The number of ether oxygens (including phenoxy) is 1. The molecule has 0 aromatic carbocycles. The molecule has 27 heavy (non-hydrogen) atoms. The summed E-state index contributed by atoms with van der Waals surface area (Å²) in [4.78, 5) is 41.0. The van der Waals surface area contributed by atoms with Gasteiger partial charge in [-0.3, -0.25) is 14.6 Å². The second-order valence-electron chi connectivity index (χ2n) is 6.53. The number of carbonyl (C=O) groups excluding carboxylic acids is 1. The van der Waals surface area contributed by atoms with Crippen molar-refractivity contribution in [2.45, 2.75) is 50.8 Å². The average molecular weight is 393 g/mol. The largest absolute Gasteiger partial charge is 0.474 e. The molecule has 2 N–H and O–H groups in total. The van der Waals surface area contributed by atoms with Crippen LogP contribution < -0.4 is 21.3 Å². The number of pyridine rings is 1. The van der Waals surface area contributed by atoms with E-state index in [4.69, 9.17) is 16.3 Å². The van der Waals surface area contributed by atoms with Crippen LogP contribution in [0.3, 0.4) is 0 Å². The zero-order chi connectivity index (χ0) is 19.2. The SMILES string of the molecule is O=C(CCn1ccc(=O)[nH]c1=O)NC1CCC(Oc2ccc(Cl)cn2)CC1. The van der Waals surface area contributed by atoms with E-state index < -0.39 is 11.2 Å². The first-order valence-corrected chi connectivity index (χ1v) is 9.25. The van der Waals surface area contributed by atoms with E-state index in [-0.39, 0.29) is 31.0 Å². The van der Waals surface area contributed by atoms with Crippen LogP contribution in [0.4, 0.5) is 0 Å². The molecule has 0 unspecified atom stereocenters. The average Bonchev–Trinajstić information content (AvgIpc) is 2.64. The van der Waals surface area contributed by atoms with Gasteiger partial charge in [0.25, 0.3) is 5.56 Å². The lowest BCUT2D eigenvalue weighted by Crippen LogP contribution is -2.40. The molecule has 1 amide bonds. The van der Waals surface area contributed by atoms with Crippen molar-refractivity contribution in [3.8, 4) is 5.88 Å². The van der Waals surface area contributed by atoms with Crippen LogP contribution >= 0.6 is 11.6 Å². The fourth-order valence-corrected chi connectivity index (χ4v) is 3.18. The molecule has 1 fully saturated rings. The van der Waals surface area contributed by atoms with Gasteiger partial charge in [0.15, 0.2) is 0 Å². The van der Waals surface area contributed by atoms with E-state index in [9.17, 15) is 14.4 Å². The molecule has 1 saturated carbocycles. The Morgan fingerprint density at radius 3 is 2.70 bits per heavy atom. The Kier molecular flexibility index (Phi) is 6.28. The van der Waals surface area contributed by atoms with Crippen molar-refractivity contribution in [1.82, 2.24) is 19.9 Å². The van der Waals surface area contributed by atoms with Crippen molar-refractivity contribution in [3.05, 3.63) is 56.5 Å². The topological polar surface area (TPSA) is 106 Å². The molecule has 0 saturated heterocycles. The van der Waals surface area contributed by atoms with E-state index in [1.54, 1.807) is 18.3 Å². The molecular weight excluding hydrogens is 372 g/mol. The second kappa shape index (κ2) is 8.85. The number of aromatic amines is 1. The molecule has 1 aliphatic rings. The number of rotatable bonds is 6. The predicted molar refractivity (Wildman–Crippen MR) is 100 cm³/mol. The zero-order valence-corrected chi connectivity index (χ0v) is 15.4. The van der Waals surface area contributed by atoms with Gasteiger partial charge in [-0.15, -0.1) is 0 Å². The summed E-state index contributed by atoms with van der Waals surface area (Å²) in [6, 6.07) is 4.84. The Morgan fingerprint density at radius 2 is 2.04 bits per heavy atom. The molecule has 0 radical (unpaired) electrons. The fourth-order valence-electron chi connectivity index (χ4n) is 3.07. The monoisotopic (exact) mass is 392 g/mol. The Balaban J connectivity index is 1.40. The molecule has 8 nitrogen and oxygen atoms in total. The Morgan fingerprint density at radius 1 is 1.26 bits per heavy atom. The van der Waals surface area contributed by atoms with Crippen LogP contribution in [0.5, 0.6) is 5.88 Å². The Labute approximate surface area is 160 Å². The highest BCUT2D eigenvalue weighted by Gasteiger charge is 2.23. The number of nitrogens with zero attached hydrogens (tertiary/aromatic N) is 2. The number of carbonyl (C=O) groups is 1. The van der Waals surface area contributed by atoms with Crippen molar-refractivity contribution < 1.29 is 9.53 Å². The summed E-state index contributed by atoms with van der Waals surface area (Å²) in [5.74, 6) is 0.440. The lowest BCUT2D eigenvalue weighted by atomic mass is 9.93. The van der Waals surface area contributed by atoms with Gasteiger partial charge in [0.05, 0.1) is 5.02 Å². The first-order valence-electron chi connectivity index (χ1n) is 8.87. The highest BCUT2D eigenvalue weighted by molar-refractivity contribution is 6.30. The third-order valence-electron chi connectivity index (χ3n) is 4.50. The number of aryl methyl sites for hydroxylation is 1. The van der Waals surface area contributed by atoms with Crippen molar-refractivity contribution in [2.24, 2.45) is 0 Å². The van der Waals surface area contributed by atoms with E-state index in [0.29, 0.717) is 10.9 Å². The predicted octanol–water partition coefficient (Wildman–Crippen LogP) is 1.48. The molecule has 0 bridgehead atoms. The number of nitrogens with one attached hydrogen (secondary N) is 2. The number of H-pyrrole nitrogens is 1. The molecule has 3 rings (SSSR count). The number of amides is 1. The Hall–Kier alpha value is -2.61. The van der Waals surface area contributed by atoms with Crippen LogP contribution in [0.2, 0.25) is 5.02 Å². The minimum atomic E-state index is -0.510. The fraction of sp³-hybridized carbons (Fsp3) is 0.444. The number of hydrogen-bond donors (Lipinski definition) is 2. The van der Waals surface area contributed by atoms with Crippen LogP contribution in [-0.4, -0.2) is 32.6 Å². The molecule has 0 aliphatic heterocycles. The Bertz CT molecular complexity index is 885. The van der Waals surface area contributed by atoms with Gasteiger partial charge >= 0.3 is 5.69 Å². The minimum Gasteiger partial charge on any atom is -0.474 e. The van der Waals surface area contributed by atoms with Crippen LogP contribution in [0.1, 0.15) is 32.1 Å². The molecule has 0 atom stereocenters. The maximum Gasteiger partial charge on any atom is 0.328 e. The van der Waals surface area contributed by atoms with Crippen LogP contribution in [0.25, 0.3) is 0 Å². The zero-order valence-electron chi connectivity index (χ0n) is 14.7. The van der Waals surface area contributed by atoms with Crippen molar-refractivity contribution in [3.63, 3.8) is 0 Å². The van der Waals surface area contributed by atoms with Gasteiger partial charge in [-0.25, -0.2) is 9.78 Å². The molecule has 2 aromatic heterocycles. The molecular formula is C18H21ClN4O4. The van der Waals surface area contributed by atoms with Gasteiger partial charge in [0.2, 0.25) is 11.8 Å². The standard InChI is InChI=1S/C18H21ClN4O4/c19-12-1-6-17(20-11-12)27-14-4-2-13(3-5-14)21-15(24)7-9-23-10-8-16(25)22-18(23)26/h1,6,8,10-11,13-14H,2-5,7,9H2,(H,21,24)(H,22,25,26). The molecule has 2 aromatic rings. The molecule has 1 aliphatic carbocycles. The van der Waals surface area contributed by atoms with Gasteiger partial charge in [-0.05, 0) is 31.7 Å². The third-order valence-corrected chi connectivity index (χ3v) is 4.73. The summed E-state index contributed by atoms with van der Waals surface area (Å²) in [6.07, 6.45) is 6.50. The van der Waals surface area contributed by atoms with Crippen molar-refractivity contribution in [2.75, 3.05) is 0 Å². The summed E-state index contributed by atoms with van der Waals surface area (Å²) >= 11 is 5.81. The number of halogens is 1. The highest BCUT2D eigenvalue weighted by Crippen LogP contribution is 2.23. The number of aromatic nitrogens is 3. The lowest BCUT2D eigenvalue weighted by molar-refractivity contribution is -0.122. The van der Waals surface area contributed by atoms with Gasteiger partial charge in [-0.2, -0.15) is 0 Å². The lowest BCUT2D eigenvalue weighted by Gasteiger charge is -2.29. The molecule has 0 spiro atoms. The van der Waals surface area contributed by atoms with Crippen molar-refractivity contribution >= 4 is 17.5 Å². The van der Waals surface area contributed by atoms with E-state index in [1.807, 2.05) is 0 Å².